The molecule has 0 radical (unpaired) electrons. The number of nitrogens with one attached hydrogen (secondary N) is 1. The molecule has 0 aliphatic rings. The van der Waals surface area contributed by atoms with E-state index in [0.29, 0.717) is 18.1 Å². The van der Waals surface area contributed by atoms with E-state index < -0.39 is 0 Å². The van der Waals surface area contributed by atoms with Crippen LogP contribution in [0.25, 0.3) is 11.0 Å². The minimum atomic E-state index is -0.210. The number of aromatic nitrogens is 2. The van der Waals surface area contributed by atoms with E-state index in [-0.39, 0.29) is 11.7 Å². The van der Waals surface area contributed by atoms with Crippen LogP contribution in [0, 0.1) is 0 Å². The number of carbonyl (C=O) groups is 1. The highest BCUT2D eigenvalue weighted by Crippen LogP contribution is 2.28. The van der Waals surface area contributed by atoms with Crippen LogP contribution in [0.3, 0.4) is 0 Å². The number of amides is 1. The SMILES string of the molecule is COc1cc(/C=N\NC(=O)CSc2nc3ccccc3n2C)ccc1OCc1ccccc1. The largest absolute Gasteiger partial charge is 0.493 e. The lowest BCUT2D eigenvalue weighted by atomic mass is 10.2. The molecule has 3 aromatic carbocycles. The number of carbonyl (C=O) groups excluding carboxylic acids is 1. The Morgan fingerprint density at radius 1 is 1.09 bits per heavy atom. The zero-order chi connectivity index (χ0) is 23.0. The number of hydrogen-bond donors (Lipinski definition) is 1. The van der Waals surface area contributed by atoms with Crippen molar-refractivity contribution >= 4 is 34.9 Å². The number of benzene rings is 3. The van der Waals surface area contributed by atoms with E-state index in [1.54, 1.807) is 13.3 Å². The third kappa shape index (κ3) is 5.72. The summed E-state index contributed by atoms with van der Waals surface area (Å²) in [4.78, 5) is 16.8. The van der Waals surface area contributed by atoms with E-state index >= 15 is 0 Å². The fourth-order valence-corrected chi connectivity index (χ4v) is 3.99. The summed E-state index contributed by atoms with van der Waals surface area (Å²) in [5.41, 5.74) is 6.35. The third-order valence-electron chi connectivity index (χ3n) is 4.91. The first-order valence-corrected chi connectivity index (χ1v) is 11.3. The van der Waals surface area contributed by atoms with Gasteiger partial charge in [-0.2, -0.15) is 5.10 Å². The summed E-state index contributed by atoms with van der Waals surface area (Å²) in [7, 11) is 3.53. The van der Waals surface area contributed by atoms with E-state index in [1.807, 2.05) is 84.4 Å². The van der Waals surface area contributed by atoms with Crippen molar-refractivity contribution in [2.24, 2.45) is 12.1 Å². The summed E-state index contributed by atoms with van der Waals surface area (Å²) in [6.07, 6.45) is 1.57. The topological polar surface area (TPSA) is 77.7 Å². The Kier molecular flexibility index (Phi) is 7.26. The predicted octanol–water partition coefficient (Wildman–Crippen LogP) is 4.40. The number of imidazole rings is 1. The molecule has 0 saturated carbocycles. The zero-order valence-corrected chi connectivity index (χ0v) is 19.2. The highest BCUT2D eigenvalue weighted by atomic mass is 32.2. The standard InChI is InChI=1S/C25H24N4O3S/c1-29-21-11-7-6-10-20(21)27-25(29)33-17-24(30)28-26-15-19-12-13-22(23(14-19)31-2)32-16-18-8-4-3-5-9-18/h3-15H,16-17H2,1-2H3,(H,28,30)/b26-15-. The van der Waals surface area contributed by atoms with E-state index in [1.165, 1.54) is 11.8 Å². The van der Waals surface area contributed by atoms with Crippen LogP contribution < -0.4 is 14.9 Å². The Labute approximate surface area is 196 Å². The van der Waals surface area contributed by atoms with Gasteiger partial charge in [-0.3, -0.25) is 4.79 Å². The lowest BCUT2D eigenvalue weighted by Crippen LogP contribution is -2.19. The Hall–Kier alpha value is -3.78. The first-order chi connectivity index (χ1) is 16.1. The summed E-state index contributed by atoms with van der Waals surface area (Å²) in [6, 6.07) is 23.3. The number of hydrogen-bond acceptors (Lipinski definition) is 6. The van der Waals surface area contributed by atoms with E-state index in [9.17, 15) is 4.79 Å². The van der Waals surface area contributed by atoms with E-state index in [2.05, 4.69) is 15.5 Å². The van der Waals surface area contributed by atoms with Crippen LogP contribution in [0.15, 0.2) is 83.1 Å². The summed E-state index contributed by atoms with van der Waals surface area (Å²) in [5, 5.41) is 4.84. The van der Waals surface area contributed by atoms with Crippen molar-refractivity contribution in [2.75, 3.05) is 12.9 Å². The highest BCUT2D eigenvalue weighted by Gasteiger charge is 2.10. The van der Waals surface area contributed by atoms with Gasteiger partial charge >= 0.3 is 0 Å². The quantitative estimate of drug-likeness (QED) is 0.228. The van der Waals surface area contributed by atoms with Gasteiger partial charge in [-0.25, -0.2) is 10.4 Å². The predicted molar refractivity (Wildman–Crippen MR) is 131 cm³/mol. The van der Waals surface area contributed by atoms with Crippen molar-refractivity contribution in [3.63, 3.8) is 0 Å². The summed E-state index contributed by atoms with van der Waals surface area (Å²) in [6.45, 7) is 0.448. The average molecular weight is 461 g/mol. The summed E-state index contributed by atoms with van der Waals surface area (Å²) < 4.78 is 13.3. The fourth-order valence-electron chi connectivity index (χ4n) is 3.21. The van der Waals surface area contributed by atoms with Gasteiger partial charge in [-0.1, -0.05) is 54.2 Å². The second kappa shape index (κ2) is 10.7. The van der Waals surface area contributed by atoms with Gasteiger partial charge in [0.1, 0.15) is 6.61 Å². The van der Waals surface area contributed by atoms with Gasteiger partial charge in [0.2, 0.25) is 0 Å². The molecule has 0 bridgehead atoms. The maximum Gasteiger partial charge on any atom is 0.250 e. The van der Waals surface area contributed by atoms with Gasteiger partial charge in [-0.05, 0) is 41.5 Å². The molecule has 4 rings (SSSR count). The molecule has 0 aliphatic carbocycles. The van der Waals surface area contributed by atoms with Gasteiger partial charge in [0.15, 0.2) is 16.7 Å². The zero-order valence-electron chi connectivity index (χ0n) is 18.4. The number of fused-ring (bicyclic) bond motifs is 1. The fraction of sp³-hybridized carbons (Fsp3) is 0.160. The van der Waals surface area contributed by atoms with E-state index in [4.69, 9.17) is 9.47 Å². The van der Waals surface area contributed by atoms with Crippen LogP contribution in [-0.2, 0) is 18.4 Å². The number of hydrazone groups is 1. The molecule has 7 nitrogen and oxygen atoms in total. The van der Waals surface area contributed by atoms with Gasteiger partial charge in [0.25, 0.3) is 5.91 Å². The smallest absolute Gasteiger partial charge is 0.250 e. The van der Waals surface area contributed by atoms with Crippen LogP contribution in [0.1, 0.15) is 11.1 Å². The molecular formula is C25H24N4O3S. The summed E-state index contributed by atoms with van der Waals surface area (Å²) >= 11 is 1.37. The first kappa shape index (κ1) is 22.4. The number of nitrogens with zero attached hydrogens (tertiary/aromatic N) is 3. The second-order valence-electron chi connectivity index (χ2n) is 7.21. The van der Waals surface area contributed by atoms with Crippen molar-refractivity contribution in [2.45, 2.75) is 11.8 Å². The van der Waals surface area contributed by atoms with Crippen LogP contribution in [-0.4, -0.2) is 34.5 Å². The van der Waals surface area contributed by atoms with Gasteiger partial charge < -0.3 is 14.0 Å². The van der Waals surface area contributed by atoms with Crippen molar-refractivity contribution in [1.82, 2.24) is 15.0 Å². The van der Waals surface area contributed by atoms with Gasteiger partial charge in [0, 0.05) is 7.05 Å². The highest BCUT2D eigenvalue weighted by molar-refractivity contribution is 7.99. The lowest BCUT2D eigenvalue weighted by Gasteiger charge is -2.11. The lowest BCUT2D eigenvalue weighted by molar-refractivity contribution is -0.118. The normalized spacial score (nSPS) is 11.1. The van der Waals surface area contributed by atoms with Crippen molar-refractivity contribution in [3.8, 4) is 11.5 Å². The molecule has 1 amide bonds. The molecule has 1 aromatic heterocycles. The molecule has 168 valence electrons. The number of aryl methyl sites for hydroxylation is 1. The second-order valence-corrected chi connectivity index (χ2v) is 8.15. The summed E-state index contributed by atoms with van der Waals surface area (Å²) in [5.74, 6) is 1.24. The first-order valence-electron chi connectivity index (χ1n) is 10.3. The van der Waals surface area contributed by atoms with Crippen molar-refractivity contribution < 1.29 is 14.3 Å². The average Bonchev–Trinajstić information content (AvgIpc) is 3.18. The monoisotopic (exact) mass is 460 g/mol. The molecule has 4 aromatic rings. The molecule has 0 fully saturated rings. The third-order valence-corrected chi connectivity index (χ3v) is 5.94. The molecular weight excluding hydrogens is 436 g/mol. The number of ether oxygens (including phenoxy) is 2. The Morgan fingerprint density at radius 2 is 1.88 bits per heavy atom. The molecule has 0 saturated heterocycles. The van der Waals surface area contributed by atoms with Crippen LogP contribution >= 0.6 is 11.8 Å². The molecule has 0 atom stereocenters. The number of para-hydroxylation sites is 2. The van der Waals surface area contributed by atoms with Crippen LogP contribution in [0.2, 0.25) is 0 Å². The van der Waals surface area contributed by atoms with E-state index in [0.717, 1.165) is 27.3 Å². The molecule has 1 heterocycles. The minimum Gasteiger partial charge on any atom is -0.493 e. The van der Waals surface area contributed by atoms with Gasteiger partial charge in [0.05, 0.1) is 30.1 Å². The maximum atomic E-state index is 12.2. The van der Waals surface area contributed by atoms with Crippen molar-refractivity contribution in [3.05, 3.63) is 83.9 Å². The number of methoxy groups -OCH3 is 1. The molecule has 33 heavy (non-hydrogen) atoms. The Balaban J connectivity index is 1.30. The number of thioether (sulfide) groups is 1. The molecule has 0 aliphatic heterocycles. The Morgan fingerprint density at radius 3 is 2.67 bits per heavy atom. The van der Waals surface area contributed by atoms with Crippen molar-refractivity contribution in [1.29, 1.82) is 0 Å². The van der Waals surface area contributed by atoms with Crippen LogP contribution in [0.5, 0.6) is 11.5 Å². The number of rotatable bonds is 9. The molecule has 1 N–H and O–H groups in total. The Bertz CT molecular complexity index is 1270. The molecule has 0 spiro atoms. The molecule has 8 heteroatoms. The van der Waals surface area contributed by atoms with Gasteiger partial charge in [-0.15, -0.1) is 0 Å². The molecule has 0 unspecified atom stereocenters. The van der Waals surface area contributed by atoms with Crippen LogP contribution in [0.4, 0.5) is 0 Å². The maximum absolute atomic E-state index is 12.2. The minimum absolute atomic E-state index is 0.210.